The summed E-state index contributed by atoms with van der Waals surface area (Å²) in [6.45, 7) is 5.97. The summed E-state index contributed by atoms with van der Waals surface area (Å²) in [6.07, 6.45) is 0. The zero-order valence-corrected chi connectivity index (χ0v) is 10.9. The molecule has 0 bridgehead atoms. The largest absolute Gasteiger partial charge is 0.467 e. The molecule has 1 rings (SSSR count). The van der Waals surface area contributed by atoms with Crippen molar-refractivity contribution in [2.75, 3.05) is 7.11 Å². The Balaban J connectivity index is 3.17. The van der Waals surface area contributed by atoms with Crippen molar-refractivity contribution < 1.29 is 9.53 Å². The first-order valence-corrected chi connectivity index (χ1v) is 6.05. The molecule has 3 nitrogen and oxygen atoms in total. The highest BCUT2D eigenvalue weighted by molar-refractivity contribution is 7.73. The van der Waals surface area contributed by atoms with Gasteiger partial charge in [0.15, 0.2) is 3.95 Å². The molecule has 1 aromatic heterocycles. The van der Waals surface area contributed by atoms with Crippen LogP contribution in [0.15, 0.2) is 5.38 Å². The Kier molecular flexibility index (Phi) is 4.04. The fraction of sp³-hybridized carbons (Fsp3) is 0.600. The Hall–Kier alpha value is -0.680. The van der Waals surface area contributed by atoms with E-state index < -0.39 is 0 Å². The maximum Gasteiger partial charge on any atom is 0.328 e. The van der Waals surface area contributed by atoms with Crippen molar-refractivity contribution in [2.24, 2.45) is 0 Å². The fourth-order valence-corrected chi connectivity index (χ4v) is 2.79. The lowest BCUT2D eigenvalue weighted by Gasteiger charge is -2.16. The lowest BCUT2D eigenvalue weighted by molar-refractivity contribution is -0.144. The van der Waals surface area contributed by atoms with E-state index in [1.807, 2.05) is 9.95 Å². The van der Waals surface area contributed by atoms with Crippen LogP contribution in [-0.4, -0.2) is 17.6 Å². The number of carbonyl (C=O) groups excluding carboxylic acids is 1. The van der Waals surface area contributed by atoms with E-state index in [0.717, 1.165) is 9.65 Å². The van der Waals surface area contributed by atoms with Crippen molar-refractivity contribution in [3.63, 3.8) is 0 Å². The lowest BCUT2D eigenvalue weighted by Crippen LogP contribution is -2.20. The first-order chi connectivity index (χ1) is 6.99. The van der Waals surface area contributed by atoms with Crippen LogP contribution in [0.3, 0.4) is 0 Å². The zero-order valence-electron chi connectivity index (χ0n) is 9.31. The third-order valence-corrected chi connectivity index (χ3v) is 3.52. The van der Waals surface area contributed by atoms with Gasteiger partial charge in [0.05, 0.1) is 7.11 Å². The van der Waals surface area contributed by atoms with Gasteiger partial charge in [0.1, 0.15) is 6.04 Å². The predicted octanol–water partition coefficient (Wildman–Crippen LogP) is 3.14. The number of rotatable bonds is 3. The monoisotopic (exact) mass is 245 g/mol. The number of nitrogens with zero attached hydrogens (tertiary/aromatic N) is 1. The van der Waals surface area contributed by atoms with Crippen LogP contribution in [0.1, 0.15) is 38.4 Å². The topological polar surface area (TPSA) is 31.2 Å². The van der Waals surface area contributed by atoms with Crippen molar-refractivity contribution in [3.05, 3.63) is 15.0 Å². The number of methoxy groups -OCH3 is 1. The van der Waals surface area contributed by atoms with E-state index in [1.165, 1.54) is 18.4 Å². The minimum atomic E-state index is -0.342. The molecule has 1 atom stereocenters. The lowest BCUT2D eigenvalue weighted by atomic mass is 10.1. The molecule has 1 heterocycles. The van der Waals surface area contributed by atoms with Crippen LogP contribution in [0.4, 0.5) is 0 Å². The second kappa shape index (κ2) is 4.90. The maximum atomic E-state index is 11.5. The van der Waals surface area contributed by atoms with Gasteiger partial charge in [0, 0.05) is 11.1 Å². The maximum absolute atomic E-state index is 11.5. The van der Waals surface area contributed by atoms with Gasteiger partial charge in [-0.3, -0.25) is 0 Å². The molecule has 0 unspecified atom stereocenters. The average molecular weight is 245 g/mol. The van der Waals surface area contributed by atoms with Gasteiger partial charge in [-0.1, -0.05) is 13.8 Å². The van der Waals surface area contributed by atoms with Crippen LogP contribution in [0.5, 0.6) is 0 Å². The predicted molar refractivity (Wildman–Crippen MR) is 64.0 cm³/mol. The van der Waals surface area contributed by atoms with Gasteiger partial charge in [0.2, 0.25) is 0 Å². The van der Waals surface area contributed by atoms with Gasteiger partial charge in [-0.25, -0.2) is 4.79 Å². The summed E-state index contributed by atoms with van der Waals surface area (Å²) >= 11 is 6.69. The van der Waals surface area contributed by atoms with Crippen LogP contribution in [-0.2, 0) is 9.53 Å². The summed E-state index contributed by atoms with van der Waals surface area (Å²) in [5.41, 5.74) is 1.09. The normalized spacial score (nSPS) is 12.9. The van der Waals surface area contributed by atoms with Crippen molar-refractivity contribution in [1.29, 1.82) is 0 Å². The van der Waals surface area contributed by atoms with E-state index in [-0.39, 0.29) is 12.0 Å². The van der Waals surface area contributed by atoms with E-state index in [4.69, 9.17) is 17.0 Å². The molecule has 84 valence electrons. The van der Waals surface area contributed by atoms with E-state index >= 15 is 0 Å². The van der Waals surface area contributed by atoms with E-state index in [9.17, 15) is 4.79 Å². The molecule has 0 aliphatic carbocycles. The molecule has 5 heteroatoms. The Morgan fingerprint density at radius 1 is 1.53 bits per heavy atom. The summed E-state index contributed by atoms with van der Waals surface area (Å²) in [5, 5.41) is 2.01. The Labute approximate surface area is 98.7 Å². The number of hydrogen-bond acceptors (Lipinski definition) is 4. The van der Waals surface area contributed by atoms with Crippen molar-refractivity contribution in [3.8, 4) is 0 Å². The van der Waals surface area contributed by atoms with Crippen molar-refractivity contribution in [2.45, 2.75) is 32.7 Å². The molecule has 0 saturated heterocycles. The minimum Gasteiger partial charge on any atom is -0.467 e. The molecule has 15 heavy (non-hydrogen) atoms. The first-order valence-electron chi connectivity index (χ1n) is 4.76. The molecule has 1 aromatic rings. The summed E-state index contributed by atoms with van der Waals surface area (Å²) < 4.78 is 7.31. The molecule has 0 aliphatic rings. The highest BCUT2D eigenvalue weighted by Gasteiger charge is 2.20. The van der Waals surface area contributed by atoms with Crippen molar-refractivity contribution >= 4 is 29.5 Å². The van der Waals surface area contributed by atoms with Crippen LogP contribution in [0.25, 0.3) is 0 Å². The van der Waals surface area contributed by atoms with E-state index in [1.54, 1.807) is 6.92 Å². The molecule has 0 aromatic carbocycles. The van der Waals surface area contributed by atoms with Crippen LogP contribution in [0.2, 0.25) is 0 Å². The highest BCUT2D eigenvalue weighted by atomic mass is 32.1. The van der Waals surface area contributed by atoms with E-state index in [0.29, 0.717) is 5.92 Å². The number of thiazole rings is 1. The van der Waals surface area contributed by atoms with Gasteiger partial charge < -0.3 is 9.30 Å². The van der Waals surface area contributed by atoms with Gasteiger partial charge in [-0.2, -0.15) is 0 Å². The Morgan fingerprint density at radius 3 is 2.60 bits per heavy atom. The molecular formula is C10H15NO2S2. The van der Waals surface area contributed by atoms with Gasteiger partial charge in [-0.15, -0.1) is 11.3 Å². The Bertz CT molecular complexity index is 406. The summed E-state index contributed by atoms with van der Waals surface area (Å²) in [4.78, 5) is 11.5. The number of esters is 1. The third-order valence-electron chi connectivity index (χ3n) is 2.28. The molecule has 0 aliphatic heterocycles. The Morgan fingerprint density at radius 2 is 2.13 bits per heavy atom. The quantitative estimate of drug-likeness (QED) is 0.605. The van der Waals surface area contributed by atoms with Crippen LogP contribution in [0, 0.1) is 3.95 Å². The second-order valence-electron chi connectivity index (χ2n) is 3.65. The van der Waals surface area contributed by atoms with Gasteiger partial charge >= 0.3 is 5.97 Å². The average Bonchev–Trinajstić information content (AvgIpc) is 2.58. The molecule has 0 radical (unpaired) electrons. The second-order valence-corrected chi connectivity index (χ2v) is 5.15. The molecule has 0 saturated carbocycles. The van der Waals surface area contributed by atoms with Gasteiger partial charge in [-0.05, 0) is 25.1 Å². The molecule has 0 spiro atoms. The number of aromatic nitrogens is 1. The smallest absolute Gasteiger partial charge is 0.328 e. The fourth-order valence-electron chi connectivity index (χ4n) is 1.40. The number of hydrogen-bond donors (Lipinski definition) is 0. The van der Waals surface area contributed by atoms with Crippen LogP contribution >= 0.6 is 23.6 Å². The standard InChI is InChI=1S/C10H15NO2S2/c1-6(2)8-5-15-10(14)11(8)7(3)9(12)13-4/h5-7H,1-4H3/t7-/m1/s1. The zero-order chi connectivity index (χ0) is 11.6. The number of ether oxygens (including phenoxy) is 1. The molecule has 0 N–H and O–H groups in total. The van der Waals surface area contributed by atoms with E-state index in [2.05, 4.69) is 13.8 Å². The third kappa shape index (κ3) is 2.46. The SMILES string of the molecule is COC(=O)[C@@H](C)n1c(C(C)C)csc1=S. The summed E-state index contributed by atoms with van der Waals surface area (Å²) in [6, 6.07) is -0.342. The van der Waals surface area contributed by atoms with Gasteiger partial charge in [0.25, 0.3) is 0 Å². The molecular weight excluding hydrogens is 230 g/mol. The molecule has 0 amide bonds. The first kappa shape index (κ1) is 12.4. The van der Waals surface area contributed by atoms with Crippen LogP contribution < -0.4 is 0 Å². The van der Waals surface area contributed by atoms with Crippen molar-refractivity contribution in [1.82, 2.24) is 4.57 Å². The summed E-state index contributed by atoms with van der Waals surface area (Å²) in [7, 11) is 1.39. The minimum absolute atomic E-state index is 0.258. The highest BCUT2D eigenvalue weighted by Crippen LogP contribution is 2.24. The molecule has 0 fully saturated rings. The number of carbonyl (C=O) groups is 1. The summed E-state index contributed by atoms with van der Waals surface area (Å²) in [5.74, 6) is 0.0939.